The number of amides is 1. The minimum Gasteiger partial charge on any atom is -0.497 e. The molecule has 1 aliphatic rings. The van der Waals surface area contributed by atoms with Crippen LogP contribution in [0, 0.1) is 0 Å². The van der Waals surface area contributed by atoms with E-state index < -0.39 is 0 Å². The fraction of sp³-hybridized carbons (Fsp3) is 0.158. The molecule has 0 saturated carbocycles. The van der Waals surface area contributed by atoms with Gasteiger partial charge in [-0.15, -0.1) is 0 Å². The Kier molecular flexibility index (Phi) is 4.52. The van der Waals surface area contributed by atoms with Crippen molar-refractivity contribution in [1.29, 1.82) is 0 Å². The number of carbonyl (C=O) groups is 1. The average Bonchev–Trinajstić information content (AvgIpc) is 2.94. The van der Waals surface area contributed by atoms with Crippen LogP contribution in [0.2, 0.25) is 0 Å². The molecule has 1 amide bonds. The molecule has 0 atom stereocenters. The molecule has 0 fully saturated rings. The fourth-order valence-electron chi connectivity index (χ4n) is 2.43. The van der Waals surface area contributed by atoms with Gasteiger partial charge in [-0.3, -0.25) is 4.79 Å². The molecule has 2 aromatic carbocycles. The normalized spacial score (nSPS) is 15.4. The lowest BCUT2D eigenvalue weighted by atomic mass is 10.1. The Morgan fingerprint density at radius 2 is 1.91 bits per heavy atom. The van der Waals surface area contributed by atoms with E-state index in [9.17, 15) is 4.79 Å². The molecule has 2 aromatic rings. The minimum atomic E-state index is -0.157. The monoisotopic (exact) mass is 306 g/mol. The van der Waals surface area contributed by atoms with Crippen LogP contribution in [0.15, 0.2) is 65.3 Å². The Bertz CT molecular complexity index is 764. The van der Waals surface area contributed by atoms with Crippen LogP contribution in [0.25, 0.3) is 6.08 Å². The number of carbonyl (C=O) groups excluding carboxylic acids is 1. The summed E-state index contributed by atoms with van der Waals surface area (Å²) in [7, 11) is 1.62. The van der Waals surface area contributed by atoms with Gasteiger partial charge in [0.2, 0.25) is 0 Å². The third kappa shape index (κ3) is 3.86. The van der Waals surface area contributed by atoms with E-state index in [0.717, 1.165) is 17.7 Å². The number of methoxy groups -OCH3 is 1. The maximum Gasteiger partial charge on any atom is 0.275 e. The summed E-state index contributed by atoms with van der Waals surface area (Å²) >= 11 is 0. The molecule has 3 rings (SSSR count). The van der Waals surface area contributed by atoms with Crippen molar-refractivity contribution >= 4 is 17.8 Å². The van der Waals surface area contributed by atoms with Gasteiger partial charge < -0.3 is 10.1 Å². The van der Waals surface area contributed by atoms with E-state index in [4.69, 9.17) is 4.74 Å². The largest absolute Gasteiger partial charge is 0.497 e. The highest BCUT2D eigenvalue weighted by molar-refractivity contribution is 6.14. The lowest BCUT2D eigenvalue weighted by Gasteiger charge is -2.00. The third-order valence-corrected chi connectivity index (χ3v) is 3.64. The van der Waals surface area contributed by atoms with Gasteiger partial charge in [0.15, 0.2) is 0 Å². The van der Waals surface area contributed by atoms with Crippen LogP contribution in [0.3, 0.4) is 0 Å². The zero-order valence-electron chi connectivity index (χ0n) is 13.0. The number of hydrogen-bond acceptors (Lipinski definition) is 3. The topological polar surface area (TPSA) is 50.7 Å². The summed E-state index contributed by atoms with van der Waals surface area (Å²) in [5.41, 5.74) is 2.55. The van der Waals surface area contributed by atoms with E-state index in [0.29, 0.717) is 18.0 Å². The van der Waals surface area contributed by atoms with E-state index in [1.807, 2.05) is 42.5 Å². The second kappa shape index (κ2) is 6.92. The van der Waals surface area contributed by atoms with Crippen LogP contribution in [0.5, 0.6) is 5.75 Å². The number of nitrogens with zero attached hydrogens (tertiary/aromatic N) is 1. The molecule has 4 nitrogen and oxygen atoms in total. The van der Waals surface area contributed by atoms with Crippen LogP contribution < -0.4 is 10.1 Å². The van der Waals surface area contributed by atoms with E-state index in [-0.39, 0.29) is 5.91 Å². The molecule has 0 bridgehead atoms. The average molecular weight is 306 g/mol. The van der Waals surface area contributed by atoms with Crippen LogP contribution in [-0.2, 0) is 11.2 Å². The van der Waals surface area contributed by atoms with Crippen molar-refractivity contribution in [1.82, 2.24) is 5.32 Å². The lowest BCUT2D eigenvalue weighted by Crippen LogP contribution is -2.24. The quantitative estimate of drug-likeness (QED) is 0.862. The van der Waals surface area contributed by atoms with E-state index in [2.05, 4.69) is 22.4 Å². The van der Waals surface area contributed by atoms with Crippen molar-refractivity contribution in [2.45, 2.75) is 12.8 Å². The first-order chi connectivity index (χ1) is 11.2. The van der Waals surface area contributed by atoms with Crippen molar-refractivity contribution in [2.75, 3.05) is 7.11 Å². The van der Waals surface area contributed by atoms with Crippen molar-refractivity contribution < 1.29 is 9.53 Å². The number of rotatable bonds is 5. The first-order valence-electron chi connectivity index (χ1n) is 7.53. The van der Waals surface area contributed by atoms with Gasteiger partial charge >= 0.3 is 0 Å². The molecular weight excluding hydrogens is 288 g/mol. The van der Waals surface area contributed by atoms with Gasteiger partial charge in [0.25, 0.3) is 5.91 Å². The predicted molar refractivity (Wildman–Crippen MR) is 91.3 cm³/mol. The Hall–Kier alpha value is -2.88. The second-order valence-electron chi connectivity index (χ2n) is 5.30. The van der Waals surface area contributed by atoms with Gasteiger partial charge in [0.1, 0.15) is 17.3 Å². The summed E-state index contributed by atoms with van der Waals surface area (Å²) in [4.78, 5) is 16.4. The van der Waals surface area contributed by atoms with E-state index in [1.54, 1.807) is 13.2 Å². The number of hydrogen-bond donors (Lipinski definition) is 1. The molecule has 4 heteroatoms. The van der Waals surface area contributed by atoms with Gasteiger partial charge in [0, 0.05) is 6.42 Å². The molecular formula is C19H18N2O2. The first-order valence-corrected chi connectivity index (χ1v) is 7.53. The molecule has 0 spiro atoms. The van der Waals surface area contributed by atoms with Gasteiger partial charge in [-0.2, -0.15) is 0 Å². The highest BCUT2D eigenvalue weighted by atomic mass is 16.5. The van der Waals surface area contributed by atoms with Crippen molar-refractivity contribution in [3.05, 3.63) is 71.4 Å². The predicted octanol–water partition coefficient (Wildman–Crippen LogP) is 3.20. The lowest BCUT2D eigenvalue weighted by molar-refractivity contribution is -0.115. The minimum absolute atomic E-state index is 0.157. The Morgan fingerprint density at radius 3 is 2.70 bits per heavy atom. The Morgan fingerprint density at radius 1 is 1.09 bits per heavy atom. The maximum atomic E-state index is 12.0. The summed E-state index contributed by atoms with van der Waals surface area (Å²) < 4.78 is 5.19. The molecule has 0 unspecified atom stereocenters. The van der Waals surface area contributed by atoms with Crippen LogP contribution in [0.4, 0.5) is 0 Å². The Balaban J connectivity index is 1.71. The Labute approximate surface area is 135 Å². The van der Waals surface area contributed by atoms with Crippen LogP contribution >= 0.6 is 0 Å². The number of amidine groups is 1. The molecule has 1 heterocycles. The standard InChI is InChI=1S/C19H18N2O2/c1-23-16-9-5-8-15(12-16)13-17-19(22)21-18(20-17)11-10-14-6-3-2-4-7-14/h2-9,12-13H,10-11H2,1H3,(H,20,21,22)/b17-13-. The summed E-state index contributed by atoms with van der Waals surface area (Å²) in [6.07, 6.45) is 3.34. The van der Waals surface area contributed by atoms with Crippen molar-refractivity contribution in [3.8, 4) is 5.75 Å². The van der Waals surface area contributed by atoms with Gasteiger partial charge in [0.05, 0.1) is 7.11 Å². The molecule has 23 heavy (non-hydrogen) atoms. The third-order valence-electron chi connectivity index (χ3n) is 3.64. The maximum absolute atomic E-state index is 12.0. The molecule has 1 aliphatic heterocycles. The number of ether oxygens (including phenoxy) is 1. The van der Waals surface area contributed by atoms with Crippen molar-refractivity contribution in [3.63, 3.8) is 0 Å². The zero-order chi connectivity index (χ0) is 16.1. The van der Waals surface area contributed by atoms with Gasteiger partial charge in [-0.05, 0) is 35.8 Å². The molecule has 116 valence electrons. The zero-order valence-corrected chi connectivity index (χ0v) is 13.0. The summed E-state index contributed by atoms with van der Waals surface area (Å²) in [5.74, 6) is 1.31. The van der Waals surface area contributed by atoms with Crippen LogP contribution in [-0.4, -0.2) is 18.9 Å². The highest BCUT2D eigenvalue weighted by Crippen LogP contribution is 2.18. The summed E-state index contributed by atoms with van der Waals surface area (Å²) in [6.45, 7) is 0. The smallest absolute Gasteiger partial charge is 0.275 e. The molecule has 1 N–H and O–H groups in total. The van der Waals surface area contributed by atoms with Gasteiger partial charge in [-0.1, -0.05) is 42.5 Å². The molecule has 0 aromatic heterocycles. The number of benzene rings is 2. The molecule has 0 aliphatic carbocycles. The van der Waals surface area contributed by atoms with Crippen LogP contribution in [0.1, 0.15) is 17.5 Å². The molecule has 0 radical (unpaired) electrons. The van der Waals surface area contributed by atoms with E-state index in [1.165, 1.54) is 5.56 Å². The second-order valence-corrected chi connectivity index (χ2v) is 5.30. The van der Waals surface area contributed by atoms with Crippen molar-refractivity contribution in [2.24, 2.45) is 4.99 Å². The first kappa shape index (κ1) is 15.0. The summed E-state index contributed by atoms with van der Waals surface area (Å²) in [5, 5.41) is 2.83. The fourth-order valence-corrected chi connectivity index (χ4v) is 2.43. The number of nitrogens with one attached hydrogen (secondary N) is 1. The number of aliphatic imine (C=N–C) groups is 1. The SMILES string of the molecule is COc1cccc(/C=C2\N=C(CCc3ccccc3)NC2=O)c1. The molecule has 0 saturated heterocycles. The highest BCUT2D eigenvalue weighted by Gasteiger charge is 2.19. The van der Waals surface area contributed by atoms with Gasteiger partial charge in [-0.25, -0.2) is 4.99 Å². The number of aryl methyl sites for hydroxylation is 1. The van der Waals surface area contributed by atoms with E-state index >= 15 is 0 Å². The summed E-state index contributed by atoms with van der Waals surface area (Å²) in [6, 6.07) is 17.7.